The SMILES string of the molecule is COc1cc(CNc2ccc(N3CCOCC3)cc2)c(Br)cc1OCC(=O)Nc1ccc(C)cc1. The normalized spacial score (nSPS) is 13.3. The van der Waals surface area contributed by atoms with Gasteiger partial charge in [0.15, 0.2) is 18.1 Å². The zero-order valence-corrected chi connectivity index (χ0v) is 21.6. The fourth-order valence-electron chi connectivity index (χ4n) is 3.77. The van der Waals surface area contributed by atoms with Gasteiger partial charge in [-0.05, 0) is 61.0 Å². The van der Waals surface area contributed by atoms with Crippen LogP contribution in [0.25, 0.3) is 0 Å². The maximum absolute atomic E-state index is 12.3. The van der Waals surface area contributed by atoms with Gasteiger partial charge in [-0.25, -0.2) is 0 Å². The molecule has 0 aromatic heterocycles. The number of methoxy groups -OCH3 is 1. The molecule has 184 valence electrons. The first-order chi connectivity index (χ1) is 17.0. The summed E-state index contributed by atoms with van der Waals surface area (Å²) in [7, 11) is 1.59. The molecule has 1 heterocycles. The lowest BCUT2D eigenvalue weighted by Crippen LogP contribution is -2.36. The minimum Gasteiger partial charge on any atom is -0.493 e. The molecule has 1 amide bonds. The van der Waals surface area contributed by atoms with Crippen LogP contribution in [0.2, 0.25) is 0 Å². The Kier molecular flexibility index (Phi) is 8.50. The molecule has 8 heteroatoms. The Morgan fingerprint density at radius 2 is 1.69 bits per heavy atom. The van der Waals surface area contributed by atoms with Crippen LogP contribution in [0.4, 0.5) is 17.1 Å². The summed E-state index contributed by atoms with van der Waals surface area (Å²) in [6.45, 7) is 5.86. The second-order valence-corrected chi connectivity index (χ2v) is 9.15. The molecule has 3 aromatic carbocycles. The number of anilines is 3. The summed E-state index contributed by atoms with van der Waals surface area (Å²) in [6, 6.07) is 19.8. The molecule has 0 atom stereocenters. The molecular formula is C27H30BrN3O4. The molecule has 1 saturated heterocycles. The second-order valence-electron chi connectivity index (χ2n) is 8.30. The molecule has 0 spiro atoms. The van der Waals surface area contributed by atoms with Crippen LogP contribution < -0.4 is 25.0 Å². The highest BCUT2D eigenvalue weighted by Gasteiger charge is 2.13. The first-order valence-corrected chi connectivity index (χ1v) is 12.3. The van der Waals surface area contributed by atoms with Crippen LogP contribution in [0.15, 0.2) is 65.1 Å². The minimum absolute atomic E-state index is 0.121. The fourth-order valence-corrected chi connectivity index (χ4v) is 4.23. The summed E-state index contributed by atoms with van der Waals surface area (Å²) >= 11 is 3.62. The van der Waals surface area contributed by atoms with E-state index in [4.69, 9.17) is 14.2 Å². The molecule has 1 fully saturated rings. The van der Waals surface area contributed by atoms with Crippen LogP contribution in [0.3, 0.4) is 0 Å². The van der Waals surface area contributed by atoms with E-state index in [0.29, 0.717) is 18.0 Å². The lowest BCUT2D eigenvalue weighted by molar-refractivity contribution is -0.118. The molecule has 0 unspecified atom stereocenters. The van der Waals surface area contributed by atoms with E-state index >= 15 is 0 Å². The molecule has 0 bridgehead atoms. The number of carbonyl (C=O) groups excluding carboxylic acids is 1. The van der Waals surface area contributed by atoms with Crippen LogP contribution in [0, 0.1) is 6.92 Å². The number of morpholine rings is 1. The third-order valence-corrected chi connectivity index (χ3v) is 6.49. The Bertz CT molecular complexity index is 1130. The number of carbonyl (C=O) groups is 1. The quantitative estimate of drug-likeness (QED) is 0.387. The van der Waals surface area contributed by atoms with E-state index < -0.39 is 0 Å². The number of benzene rings is 3. The number of hydrogen-bond acceptors (Lipinski definition) is 6. The summed E-state index contributed by atoms with van der Waals surface area (Å²) in [4.78, 5) is 14.6. The predicted molar refractivity (Wildman–Crippen MR) is 143 cm³/mol. The number of amides is 1. The Hall–Kier alpha value is -3.23. The number of ether oxygens (including phenoxy) is 3. The monoisotopic (exact) mass is 539 g/mol. The van der Waals surface area contributed by atoms with Crippen molar-refractivity contribution in [3.8, 4) is 11.5 Å². The fraction of sp³-hybridized carbons (Fsp3) is 0.296. The van der Waals surface area contributed by atoms with Gasteiger partial charge >= 0.3 is 0 Å². The zero-order valence-electron chi connectivity index (χ0n) is 20.0. The lowest BCUT2D eigenvalue weighted by atomic mass is 10.2. The van der Waals surface area contributed by atoms with Crippen molar-refractivity contribution < 1.29 is 19.0 Å². The highest BCUT2D eigenvalue weighted by molar-refractivity contribution is 9.10. The van der Waals surface area contributed by atoms with Crippen molar-refractivity contribution in [1.82, 2.24) is 0 Å². The van der Waals surface area contributed by atoms with Crippen molar-refractivity contribution in [3.05, 3.63) is 76.3 Å². The van der Waals surface area contributed by atoms with Crippen LogP contribution in [0.1, 0.15) is 11.1 Å². The Morgan fingerprint density at radius 3 is 2.37 bits per heavy atom. The van der Waals surface area contributed by atoms with Gasteiger partial charge in [-0.15, -0.1) is 0 Å². The summed E-state index contributed by atoms with van der Waals surface area (Å²) in [5, 5.41) is 6.28. The van der Waals surface area contributed by atoms with Crippen molar-refractivity contribution in [1.29, 1.82) is 0 Å². The highest BCUT2D eigenvalue weighted by atomic mass is 79.9. The third kappa shape index (κ3) is 6.90. The largest absolute Gasteiger partial charge is 0.493 e. The van der Waals surface area contributed by atoms with E-state index in [0.717, 1.165) is 53.3 Å². The Morgan fingerprint density at radius 1 is 1.00 bits per heavy atom. The minimum atomic E-state index is -0.238. The molecule has 0 saturated carbocycles. The molecule has 0 radical (unpaired) electrons. The topological polar surface area (TPSA) is 72.1 Å². The average Bonchev–Trinajstić information content (AvgIpc) is 2.89. The van der Waals surface area contributed by atoms with Crippen LogP contribution in [-0.2, 0) is 16.1 Å². The lowest BCUT2D eigenvalue weighted by Gasteiger charge is -2.29. The molecule has 7 nitrogen and oxygen atoms in total. The van der Waals surface area contributed by atoms with Gasteiger partial charge in [0.2, 0.25) is 0 Å². The van der Waals surface area contributed by atoms with E-state index in [1.807, 2.05) is 43.3 Å². The summed E-state index contributed by atoms with van der Waals surface area (Å²) < 4.78 is 17.6. The molecule has 1 aliphatic rings. The molecule has 4 rings (SSSR count). The van der Waals surface area contributed by atoms with Crippen LogP contribution in [0.5, 0.6) is 11.5 Å². The van der Waals surface area contributed by atoms with E-state index in [2.05, 4.69) is 55.7 Å². The zero-order chi connectivity index (χ0) is 24.6. The van der Waals surface area contributed by atoms with E-state index in [9.17, 15) is 4.79 Å². The van der Waals surface area contributed by atoms with Crippen molar-refractivity contribution in [3.63, 3.8) is 0 Å². The van der Waals surface area contributed by atoms with Gasteiger partial charge in [-0.3, -0.25) is 4.79 Å². The van der Waals surface area contributed by atoms with Crippen molar-refractivity contribution >= 4 is 38.9 Å². The van der Waals surface area contributed by atoms with Crippen LogP contribution >= 0.6 is 15.9 Å². The van der Waals surface area contributed by atoms with Gasteiger partial charge < -0.3 is 29.7 Å². The van der Waals surface area contributed by atoms with E-state index in [1.54, 1.807) is 7.11 Å². The molecule has 2 N–H and O–H groups in total. The van der Waals surface area contributed by atoms with Gasteiger partial charge in [0, 0.05) is 41.2 Å². The summed E-state index contributed by atoms with van der Waals surface area (Å²) in [6.07, 6.45) is 0. The van der Waals surface area contributed by atoms with Gasteiger partial charge in [-0.1, -0.05) is 33.6 Å². The second kappa shape index (κ2) is 12.0. The molecule has 35 heavy (non-hydrogen) atoms. The number of nitrogens with one attached hydrogen (secondary N) is 2. The number of nitrogens with zero attached hydrogens (tertiary/aromatic N) is 1. The number of halogens is 1. The molecular weight excluding hydrogens is 510 g/mol. The Labute approximate surface area is 214 Å². The maximum atomic E-state index is 12.3. The first-order valence-electron chi connectivity index (χ1n) is 11.5. The van der Waals surface area contributed by atoms with E-state index in [1.165, 1.54) is 5.69 Å². The van der Waals surface area contributed by atoms with E-state index in [-0.39, 0.29) is 12.5 Å². The maximum Gasteiger partial charge on any atom is 0.262 e. The highest BCUT2D eigenvalue weighted by Crippen LogP contribution is 2.34. The first kappa shape index (κ1) is 24.9. The molecule has 3 aromatic rings. The molecule has 1 aliphatic heterocycles. The van der Waals surface area contributed by atoms with Crippen LogP contribution in [-0.4, -0.2) is 45.9 Å². The number of rotatable bonds is 9. The van der Waals surface area contributed by atoms with Gasteiger partial charge in [0.1, 0.15) is 0 Å². The number of hydrogen-bond donors (Lipinski definition) is 2. The van der Waals surface area contributed by atoms with Gasteiger partial charge in [0.25, 0.3) is 5.91 Å². The smallest absolute Gasteiger partial charge is 0.262 e. The predicted octanol–water partition coefficient (Wildman–Crippen LogP) is 5.23. The third-order valence-electron chi connectivity index (χ3n) is 5.75. The van der Waals surface area contributed by atoms with Crippen molar-refractivity contribution in [2.24, 2.45) is 0 Å². The van der Waals surface area contributed by atoms with Gasteiger partial charge in [0.05, 0.1) is 20.3 Å². The summed E-state index contributed by atoms with van der Waals surface area (Å²) in [5.41, 5.74) is 5.11. The summed E-state index contributed by atoms with van der Waals surface area (Å²) in [5.74, 6) is 0.825. The average molecular weight is 540 g/mol. The van der Waals surface area contributed by atoms with Gasteiger partial charge in [-0.2, -0.15) is 0 Å². The standard InChI is InChI=1S/C27H30BrN3O4/c1-19-3-5-22(6-4-19)30-27(32)18-35-26-16-24(28)20(15-25(26)33-2)17-29-21-7-9-23(10-8-21)31-11-13-34-14-12-31/h3-10,15-16,29H,11-14,17-18H2,1-2H3,(H,30,32). The number of aryl methyl sites for hydroxylation is 1. The van der Waals surface area contributed by atoms with Crippen molar-refractivity contribution in [2.75, 3.05) is 55.6 Å². The van der Waals surface area contributed by atoms with Crippen molar-refractivity contribution in [2.45, 2.75) is 13.5 Å². The Balaban J connectivity index is 1.33. The molecule has 0 aliphatic carbocycles.